The number of amides is 1. The molecule has 1 aliphatic heterocycles. The van der Waals surface area contributed by atoms with Crippen molar-refractivity contribution < 1.29 is 6.22 Å². The molecule has 18 heavy (non-hydrogen) atoms. The number of rotatable bonds is 2. The predicted molar refractivity (Wildman–Crippen MR) is 79.0 cm³/mol. The Bertz CT molecular complexity index is 375. The summed E-state index contributed by atoms with van der Waals surface area (Å²) in [6.45, 7) is 10.1. The van der Waals surface area contributed by atoms with Gasteiger partial charge in [-0.1, -0.05) is 39.8 Å². The van der Waals surface area contributed by atoms with Gasteiger partial charge in [0.15, 0.2) is 0 Å². The van der Waals surface area contributed by atoms with Crippen LogP contribution < -0.4 is 0 Å². The molecule has 1 saturated heterocycles. The van der Waals surface area contributed by atoms with E-state index in [9.17, 15) is 4.79 Å². The van der Waals surface area contributed by atoms with Gasteiger partial charge in [-0.2, -0.15) is 0 Å². The highest BCUT2D eigenvalue weighted by Crippen LogP contribution is 2.18. The van der Waals surface area contributed by atoms with E-state index in [2.05, 4.69) is 13.8 Å². The van der Waals surface area contributed by atoms with Gasteiger partial charge in [0, 0.05) is 20.1 Å². The van der Waals surface area contributed by atoms with Crippen molar-refractivity contribution in [2.45, 2.75) is 40.5 Å². The first-order valence-corrected chi connectivity index (χ1v) is 7.09. The molecule has 2 rings (SSSR count). The molecule has 2 heteroatoms. The number of hydrogen-bond donors (Lipinski definition) is 0. The quantitative estimate of drug-likeness (QED) is 0.775. The zero-order valence-electron chi connectivity index (χ0n) is 12.1. The second-order valence-corrected chi connectivity index (χ2v) is 4.70. The van der Waals surface area contributed by atoms with Crippen LogP contribution in [-0.4, -0.2) is 23.9 Å². The molecule has 0 bridgehead atoms. The summed E-state index contributed by atoms with van der Waals surface area (Å²) in [7, 11) is 0. The molecular weight excluding hydrogens is 222 g/mol. The molecule has 0 aliphatic carbocycles. The van der Waals surface area contributed by atoms with E-state index in [4.69, 9.17) is 0 Å². The molecule has 1 unspecified atom stereocenters. The summed E-state index contributed by atoms with van der Waals surface area (Å²) >= 11 is 0. The van der Waals surface area contributed by atoms with Crippen LogP contribution in [0, 0.1) is 5.92 Å². The topological polar surface area (TPSA) is 20.3 Å². The summed E-state index contributed by atoms with van der Waals surface area (Å²) in [6.07, 6.45) is 2.16. The van der Waals surface area contributed by atoms with E-state index >= 15 is 0 Å². The van der Waals surface area contributed by atoms with Crippen LogP contribution >= 0.6 is 0 Å². The first-order chi connectivity index (χ1) is 8.70. The number of benzene rings is 1. The molecule has 2 nitrogen and oxygen atoms in total. The lowest BCUT2D eigenvalue weighted by molar-refractivity contribution is 0.0788. The standard InChI is InChI=1S/C14H19NO.C2H6.H2/c1-3-12-4-6-13(7-5-12)14(16)15-9-8-11(2)10-15;1-2;/h4-7,11H,3,8-10H2,1-2H3;1-2H3;1H. The number of hydrogen-bond acceptors (Lipinski definition) is 1. The lowest BCUT2D eigenvalue weighted by Gasteiger charge is -2.15. The monoisotopic (exact) mass is 249 g/mol. The Morgan fingerprint density at radius 1 is 1.33 bits per heavy atom. The third-order valence-corrected chi connectivity index (χ3v) is 3.32. The van der Waals surface area contributed by atoms with Crippen molar-refractivity contribution in [2.24, 2.45) is 5.92 Å². The van der Waals surface area contributed by atoms with Crippen LogP contribution in [0.5, 0.6) is 0 Å². The van der Waals surface area contributed by atoms with E-state index in [1.807, 2.05) is 43.0 Å². The Hall–Kier alpha value is -1.31. The maximum Gasteiger partial charge on any atom is 0.253 e. The normalized spacial score (nSPS) is 18.2. The highest BCUT2D eigenvalue weighted by atomic mass is 16.2. The summed E-state index contributed by atoms with van der Waals surface area (Å²) in [5.74, 6) is 0.839. The van der Waals surface area contributed by atoms with Gasteiger partial charge in [0.2, 0.25) is 0 Å². The van der Waals surface area contributed by atoms with Crippen LogP contribution in [0.15, 0.2) is 24.3 Å². The fraction of sp³-hybridized carbons (Fsp3) is 0.562. The molecule has 1 aromatic carbocycles. The van der Waals surface area contributed by atoms with Crippen molar-refractivity contribution in [3.63, 3.8) is 0 Å². The van der Waals surface area contributed by atoms with Crippen LogP contribution in [0.4, 0.5) is 0 Å². The Balaban J connectivity index is 0.00000103. The minimum Gasteiger partial charge on any atom is -0.338 e. The van der Waals surface area contributed by atoms with Crippen LogP contribution in [0.25, 0.3) is 0 Å². The van der Waals surface area contributed by atoms with Crippen LogP contribution in [-0.2, 0) is 6.42 Å². The molecule has 102 valence electrons. The predicted octanol–water partition coefficient (Wildman–Crippen LogP) is 4.00. The third-order valence-electron chi connectivity index (χ3n) is 3.32. The first-order valence-electron chi connectivity index (χ1n) is 7.09. The summed E-state index contributed by atoms with van der Waals surface area (Å²) in [5.41, 5.74) is 2.11. The molecule has 0 radical (unpaired) electrons. The van der Waals surface area contributed by atoms with Crippen LogP contribution in [0.3, 0.4) is 0 Å². The van der Waals surface area contributed by atoms with Gasteiger partial charge in [0.1, 0.15) is 0 Å². The fourth-order valence-electron chi connectivity index (χ4n) is 2.19. The van der Waals surface area contributed by atoms with E-state index in [-0.39, 0.29) is 7.33 Å². The van der Waals surface area contributed by atoms with Crippen LogP contribution in [0.2, 0.25) is 0 Å². The first kappa shape index (κ1) is 14.7. The van der Waals surface area contributed by atoms with Crippen molar-refractivity contribution >= 4 is 5.91 Å². The summed E-state index contributed by atoms with van der Waals surface area (Å²) in [4.78, 5) is 14.1. The molecule has 1 atom stereocenters. The van der Waals surface area contributed by atoms with Crippen molar-refractivity contribution in [3.8, 4) is 0 Å². The van der Waals surface area contributed by atoms with Gasteiger partial charge < -0.3 is 4.90 Å². The lowest BCUT2D eigenvalue weighted by atomic mass is 10.1. The van der Waals surface area contributed by atoms with Gasteiger partial charge in [-0.3, -0.25) is 4.79 Å². The van der Waals surface area contributed by atoms with E-state index in [0.717, 1.165) is 31.5 Å². The van der Waals surface area contributed by atoms with Gasteiger partial charge in [0.25, 0.3) is 5.91 Å². The molecular formula is C16H27NO. The number of nitrogens with zero attached hydrogens (tertiary/aromatic N) is 1. The van der Waals surface area contributed by atoms with Gasteiger partial charge in [0.05, 0.1) is 0 Å². The number of carbonyl (C=O) groups excluding carboxylic acids is 1. The second-order valence-electron chi connectivity index (χ2n) is 4.70. The summed E-state index contributed by atoms with van der Waals surface area (Å²) in [6, 6.07) is 7.99. The highest BCUT2D eigenvalue weighted by Gasteiger charge is 2.23. The average Bonchev–Trinajstić information content (AvgIpc) is 2.87. The SMILES string of the molecule is CC.CCc1ccc(C(=O)N2CCC(C)C2)cc1.[HH]. The van der Waals surface area contributed by atoms with E-state index in [1.165, 1.54) is 5.56 Å². The fourth-order valence-corrected chi connectivity index (χ4v) is 2.19. The molecule has 1 heterocycles. The number of carbonyl (C=O) groups is 1. The van der Waals surface area contributed by atoms with Crippen molar-refractivity contribution in [1.82, 2.24) is 4.90 Å². The largest absolute Gasteiger partial charge is 0.338 e. The van der Waals surface area contributed by atoms with Gasteiger partial charge in [-0.15, -0.1) is 0 Å². The Kier molecular flexibility index (Phi) is 5.90. The molecule has 1 amide bonds. The number of aryl methyl sites for hydroxylation is 1. The van der Waals surface area contributed by atoms with Crippen molar-refractivity contribution in [1.29, 1.82) is 0 Å². The Morgan fingerprint density at radius 3 is 2.39 bits per heavy atom. The van der Waals surface area contributed by atoms with Gasteiger partial charge in [-0.05, 0) is 36.5 Å². The zero-order valence-corrected chi connectivity index (χ0v) is 12.1. The highest BCUT2D eigenvalue weighted by molar-refractivity contribution is 5.94. The zero-order chi connectivity index (χ0) is 13.5. The molecule has 1 fully saturated rings. The number of likely N-dealkylation sites (tertiary alicyclic amines) is 1. The minimum absolute atomic E-state index is 0. The maximum atomic E-state index is 12.1. The molecule has 0 saturated carbocycles. The Morgan fingerprint density at radius 2 is 1.94 bits per heavy atom. The third kappa shape index (κ3) is 3.59. The van der Waals surface area contributed by atoms with Gasteiger partial charge >= 0.3 is 0 Å². The smallest absolute Gasteiger partial charge is 0.253 e. The summed E-state index contributed by atoms with van der Waals surface area (Å²) < 4.78 is 0. The second kappa shape index (κ2) is 7.20. The van der Waals surface area contributed by atoms with Crippen molar-refractivity contribution in [2.75, 3.05) is 13.1 Å². The Labute approximate surface area is 112 Å². The van der Waals surface area contributed by atoms with E-state index < -0.39 is 0 Å². The molecule has 0 N–H and O–H groups in total. The molecule has 0 aromatic heterocycles. The average molecular weight is 249 g/mol. The van der Waals surface area contributed by atoms with Crippen LogP contribution in [0.1, 0.15) is 51.5 Å². The van der Waals surface area contributed by atoms with Crippen molar-refractivity contribution in [3.05, 3.63) is 35.4 Å². The molecule has 1 aromatic rings. The van der Waals surface area contributed by atoms with Gasteiger partial charge in [-0.25, -0.2) is 0 Å². The van der Waals surface area contributed by atoms with E-state index in [1.54, 1.807) is 0 Å². The maximum absolute atomic E-state index is 12.1. The molecule has 0 spiro atoms. The summed E-state index contributed by atoms with van der Waals surface area (Å²) in [5, 5.41) is 0. The lowest BCUT2D eigenvalue weighted by Crippen LogP contribution is -2.28. The molecule has 1 aliphatic rings. The van der Waals surface area contributed by atoms with E-state index in [0.29, 0.717) is 5.92 Å². The minimum atomic E-state index is 0.